The second kappa shape index (κ2) is 6.85. The average Bonchev–Trinajstić information content (AvgIpc) is 3.33. The van der Waals surface area contributed by atoms with Gasteiger partial charge >= 0.3 is 0 Å². The number of hydrogen-bond donors (Lipinski definition) is 0. The molecular formula is C28H24BSi-. The van der Waals surface area contributed by atoms with E-state index in [1.165, 1.54) is 33.4 Å². The van der Waals surface area contributed by atoms with E-state index < -0.39 is 8.67 Å². The molecule has 30 heavy (non-hydrogen) atoms. The summed E-state index contributed by atoms with van der Waals surface area (Å²) in [5.74, 6) is 0. The number of rotatable bonds is 3. The molecule has 0 N–H and O–H groups in total. The van der Waals surface area contributed by atoms with E-state index in [2.05, 4.69) is 98.0 Å². The van der Waals surface area contributed by atoms with Crippen molar-refractivity contribution < 1.29 is 0 Å². The van der Waals surface area contributed by atoms with Gasteiger partial charge in [0.1, 0.15) is 0 Å². The summed E-state index contributed by atoms with van der Waals surface area (Å²) in [6.07, 6.45) is 2.66. The first-order valence-electron chi connectivity index (χ1n) is 10.9. The molecule has 0 nitrogen and oxygen atoms in total. The van der Waals surface area contributed by atoms with Gasteiger partial charge in [0, 0.05) is 0 Å². The quantitative estimate of drug-likeness (QED) is 0.356. The van der Waals surface area contributed by atoms with Gasteiger partial charge in [0.25, 0.3) is 0 Å². The Hall–Kier alpha value is -2.84. The van der Waals surface area contributed by atoms with Crippen LogP contribution in [0.2, 0.25) is 13.1 Å². The van der Waals surface area contributed by atoms with Crippen LogP contribution in [-0.4, -0.2) is 15.0 Å². The van der Waals surface area contributed by atoms with Crippen molar-refractivity contribution in [2.75, 3.05) is 0 Å². The first kappa shape index (κ1) is 18.0. The van der Waals surface area contributed by atoms with E-state index in [0.29, 0.717) is 6.31 Å². The summed E-state index contributed by atoms with van der Waals surface area (Å²) in [4.78, 5) is 0. The molecule has 0 aliphatic heterocycles. The number of benzene rings is 4. The summed E-state index contributed by atoms with van der Waals surface area (Å²) < 4.78 is 0. The molecule has 0 heterocycles. The van der Waals surface area contributed by atoms with Gasteiger partial charge in [-0.15, -0.1) is 25.2 Å². The Labute approximate surface area is 181 Å². The zero-order chi connectivity index (χ0) is 20.2. The minimum atomic E-state index is -0.592. The van der Waals surface area contributed by atoms with Crippen LogP contribution < -0.4 is 10.9 Å². The van der Waals surface area contributed by atoms with Gasteiger partial charge in [0.05, 0.1) is 0 Å². The van der Waals surface area contributed by atoms with Gasteiger partial charge in [0.15, 0.2) is 0 Å². The highest BCUT2D eigenvalue weighted by molar-refractivity contribution is 7.33. The second-order valence-corrected chi connectivity index (χ2v) is 11.7. The third-order valence-corrected chi connectivity index (χ3v) is 8.75. The molecule has 0 aromatic heterocycles. The Balaban J connectivity index is 1.53. The van der Waals surface area contributed by atoms with Gasteiger partial charge in [-0.05, 0) is 46.2 Å². The molecule has 2 radical (unpaired) electrons. The maximum absolute atomic E-state index is 2.48. The molecule has 0 saturated heterocycles. The van der Waals surface area contributed by atoms with Crippen molar-refractivity contribution in [2.24, 2.45) is 0 Å². The van der Waals surface area contributed by atoms with Crippen LogP contribution in [0.4, 0.5) is 0 Å². The van der Waals surface area contributed by atoms with Crippen molar-refractivity contribution in [1.29, 1.82) is 0 Å². The maximum atomic E-state index is 2.48. The van der Waals surface area contributed by atoms with Gasteiger partial charge < -0.3 is 0 Å². The normalized spacial score (nSPS) is 13.3. The molecule has 0 amide bonds. The molecule has 2 heteroatoms. The first-order chi connectivity index (χ1) is 14.7. The molecule has 4 aromatic carbocycles. The molecule has 0 unspecified atom stereocenters. The fourth-order valence-electron chi connectivity index (χ4n) is 5.69. The zero-order valence-electron chi connectivity index (χ0n) is 17.6. The van der Waals surface area contributed by atoms with Crippen molar-refractivity contribution in [1.82, 2.24) is 0 Å². The van der Waals surface area contributed by atoms with Gasteiger partial charge in [-0.25, -0.2) is 10.9 Å². The third kappa shape index (κ3) is 2.60. The van der Waals surface area contributed by atoms with Gasteiger partial charge in [-0.2, -0.15) is 8.67 Å². The molecule has 0 bridgehead atoms. The summed E-state index contributed by atoms with van der Waals surface area (Å²) in [5.41, 5.74) is 15.0. The molecule has 6 rings (SSSR count). The minimum absolute atomic E-state index is 0.517. The number of fused-ring (bicyclic) bond motifs is 6. The molecule has 144 valence electrons. The Bertz CT molecular complexity index is 1190. The molecule has 0 saturated carbocycles. The van der Waals surface area contributed by atoms with Crippen LogP contribution >= 0.6 is 0 Å². The Kier molecular flexibility index (Phi) is 4.11. The van der Waals surface area contributed by atoms with Crippen LogP contribution in [0.5, 0.6) is 0 Å². The smallest absolute Gasteiger partial charge is 0.00457 e. The lowest BCUT2D eigenvalue weighted by molar-refractivity contribution is 1.27. The minimum Gasteiger partial charge on any atom is -0.237 e. The molecule has 0 fully saturated rings. The Morgan fingerprint density at radius 1 is 0.533 bits per heavy atom. The maximum Gasteiger partial charge on any atom is -0.00457 e. The molecule has 2 aliphatic carbocycles. The van der Waals surface area contributed by atoms with Crippen LogP contribution in [0, 0.1) is 0 Å². The van der Waals surface area contributed by atoms with Crippen LogP contribution in [0.3, 0.4) is 0 Å². The fourth-order valence-corrected chi connectivity index (χ4v) is 7.48. The van der Waals surface area contributed by atoms with E-state index in [1.807, 2.05) is 0 Å². The zero-order valence-corrected chi connectivity index (χ0v) is 18.6. The predicted octanol–water partition coefficient (Wildman–Crippen LogP) is 5.27. The van der Waals surface area contributed by atoms with Crippen molar-refractivity contribution >= 4 is 25.9 Å². The fraction of sp³-hybridized carbons (Fsp3) is 0.143. The van der Waals surface area contributed by atoms with Crippen molar-refractivity contribution in [2.45, 2.75) is 25.9 Å². The highest BCUT2D eigenvalue weighted by Crippen LogP contribution is 2.37. The topological polar surface area (TPSA) is 0 Å². The largest absolute Gasteiger partial charge is 0.237 e. The molecule has 4 aromatic rings. The van der Waals surface area contributed by atoms with Crippen molar-refractivity contribution in [3.05, 3.63) is 107 Å². The van der Waals surface area contributed by atoms with Gasteiger partial charge in [0.2, 0.25) is 0 Å². The monoisotopic (exact) mass is 399 g/mol. The Morgan fingerprint density at radius 2 is 0.967 bits per heavy atom. The van der Waals surface area contributed by atoms with E-state index in [0.717, 1.165) is 12.8 Å². The summed E-state index contributed by atoms with van der Waals surface area (Å²) in [6.45, 7) is 4.97. The van der Waals surface area contributed by atoms with Crippen molar-refractivity contribution in [3.63, 3.8) is 0 Å². The lowest BCUT2D eigenvalue weighted by Gasteiger charge is -2.37. The molecular weight excluding hydrogens is 375 g/mol. The number of hydrogen-bond acceptors (Lipinski definition) is 0. The molecule has 2 aliphatic rings. The highest BCUT2D eigenvalue weighted by Gasteiger charge is 2.24. The first-order valence-corrected chi connectivity index (χ1v) is 13.5. The standard InChI is InChI=1S/C28H24BSi/c1-30(2)29(27-15-7-13-23-21-11-5-3-9-19(21)17-25(23)27)28-16-8-14-24-22-12-6-4-10-20(22)18-26(24)28/h3-16H,17-18H2,1-2H3/q-1. The summed E-state index contributed by atoms with van der Waals surface area (Å²) in [7, 11) is -0.592. The van der Waals surface area contributed by atoms with Crippen LogP contribution in [0.15, 0.2) is 84.9 Å². The van der Waals surface area contributed by atoms with Crippen molar-refractivity contribution in [3.8, 4) is 22.3 Å². The van der Waals surface area contributed by atoms with E-state index in [1.54, 1.807) is 22.1 Å². The Morgan fingerprint density at radius 3 is 1.43 bits per heavy atom. The predicted molar refractivity (Wildman–Crippen MR) is 132 cm³/mol. The average molecular weight is 399 g/mol. The third-order valence-electron chi connectivity index (χ3n) is 6.97. The van der Waals surface area contributed by atoms with E-state index >= 15 is 0 Å². The van der Waals surface area contributed by atoms with Crippen LogP contribution in [0.25, 0.3) is 22.3 Å². The lowest BCUT2D eigenvalue weighted by Crippen LogP contribution is -2.54. The van der Waals surface area contributed by atoms with Gasteiger partial charge in [-0.3, -0.25) is 0 Å². The summed E-state index contributed by atoms with van der Waals surface area (Å²) in [6, 6.07) is 31.9. The SMILES string of the molecule is C[Si](C)[B-](c1cccc2c1Cc1ccccc1-2)c1cccc2c1Cc1ccccc1-2. The molecule has 0 spiro atoms. The van der Waals surface area contributed by atoms with Gasteiger partial charge in [-0.1, -0.05) is 90.2 Å². The second-order valence-electron chi connectivity index (χ2n) is 8.92. The molecule has 0 atom stereocenters. The van der Waals surface area contributed by atoms with E-state index in [9.17, 15) is 0 Å². The van der Waals surface area contributed by atoms with E-state index in [4.69, 9.17) is 0 Å². The summed E-state index contributed by atoms with van der Waals surface area (Å²) >= 11 is 0. The highest BCUT2D eigenvalue weighted by atomic mass is 28.3. The summed E-state index contributed by atoms with van der Waals surface area (Å²) in [5, 5.41) is 0. The van der Waals surface area contributed by atoms with Crippen LogP contribution in [-0.2, 0) is 12.8 Å². The van der Waals surface area contributed by atoms with E-state index in [-0.39, 0.29) is 0 Å². The van der Waals surface area contributed by atoms with Crippen LogP contribution in [0.1, 0.15) is 22.3 Å². The lowest BCUT2D eigenvalue weighted by atomic mass is 9.57.